The van der Waals surface area contributed by atoms with Crippen LogP contribution in [0.1, 0.15) is 73.5 Å². The predicted octanol–water partition coefficient (Wildman–Crippen LogP) is 2.03. The zero-order valence-electron chi connectivity index (χ0n) is 17.1. The molecule has 4 fully saturated rings. The van der Waals surface area contributed by atoms with Crippen molar-refractivity contribution in [1.82, 2.24) is 20.1 Å². The number of hydrogen-bond donors (Lipinski definition) is 2. The van der Waals surface area contributed by atoms with Gasteiger partial charge in [0.2, 0.25) is 10.0 Å². The lowest BCUT2D eigenvalue weighted by Gasteiger charge is -2.39. The summed E-state index contributed by atoms with van der Waals surface area (Å²) in [6.07, 6.45) is 7.20. The quantitative estimate of drug-likeness (QED) is 0.675. The molecule has 1 amide bonds. The second-order valence-electron chi connectivity index (χ2n) is 9.22. The third-order valence-corrected chi connectivity index (χ3v) is 9.10. The summed E-state index contributed by atoms with van der Waals surface area (Å²) in [5.74, 6) is 1.53. The molecule has 30 heavy (non-hydrogen) atoms. The van der Waals surface area contributed by atoms with E-state index in [-0.39, 0.29) is 48.1 Å². The fourth-order valence-corrected chi connectivity index (χ4v) is 7.75. The molecule has 1 aromatic heterocycles. The molecule has 0 aromatic carbocycles. The van der Waals surface area contributed by atoms with Gasteiger partial charge in [-0.3, -0.25) is 4.79 Å². The molecule has 0 spiro atoms. The number of halogens is 1. The zero-order chi connectivity index (χ0) is 20.0. The highest BCUT2D eigenvalue weighted by molar-refractivity contribution is 7.89. The van der Waals surface area contributed by atoms with Crippen molar-refractivity contribution in [3.63, 3.8) is 0 Å². The van der Waals surface area contributed by atoms with Gasteiger partial charge >= 0.3 is 0 Å². The van der Waals surface area contributed by atoms with E-state index < -0.39 is 10.0 Å². The second-order valence-corrected chi connectivity index (χ2v) is 11.1. The number of hydrogen-bond acceptors (Lipinski definition) is 6. The first-order valence-corrected chi connectivity index (χ1v) is 12.6. The normalized spacial score (nSPS) is 30.1. The van der Waals surface area contributed by atoms with Crippen molar-refractivity contribution in [1.29, 1.82) is 0 Å². The van der Waals surface area contributed by atoms with Gasteiger partial charge in [-0.25, -0.2) is 8.42 Å². The molecule has 5 rings (SSSR count). The lowest BCUT2D eigenvalue weighted by molar-refractivity contribution is 0.0900. The van der Waals surface area contributed by atoms with Gasteiger partial charge in [-0.15, -0.1) is 12.4 Å². The van der Waals surface area contributed by atoms with Crippen LogP contribution in [0.15, 0.2) is 10.6 Å². The molecule has 168 valence electrons. The van der Waals surface area contributed by atoms with Gasteiger partial charge < -0.3 is 15.2 Å². The van der Waals surface area contributed by atoms with Crippen molar-refractivity contribution in [2.75, 3.05) is 18.8 Å². The molecular weight excluding hydrogens is 428 g/mol. The minimum atomic E-state index is -3.26. The largest absolute Gasteiger partial charge is 0.360 e. The number of sulfonamides is 1. The summed E-state index contributed by atoms with van der Waals surface area (Å²) in [6, 6.07) is 1.75. The van der Waals surface area contributed by atoms with E-state index in [1.807, 2.05) is 0 Å². The highest BCUT2D eigenvalue weighted by Gasteiger charge is 2.47. The number of piperidine rings is 2. The first-order chi connectivity index (χ1) is 14.0. The zero-order valence-corrected chi connectivity index (χ0v) is 18.7. The maximum absolute atomic E-state index is 13.1. The van der Waals surface area contributed by atoms with E-state index in [0.29, 0.717) is 24.5 Å². The Labute approximate surface area is 184 Å². The first-order valence-electron chi connectivity index (χ1n) is 11.0. The molecule has 2 bridgehead atoms. The van der Waals surface area contributed by atoms with Gasteiger partial charge in [-0.2, -0.15) is 4.31 Å². The Kier molecular flexibility index (Phi) is 6.44. The summed E-state index contributed by atoms with van der Waals surface area (Å²) in [5, 5.41) is 10.3. The Balaban J connectivity index is 0.00000218. The first kappa shape index (κ1) is 22.0. The lowest BCUT2D eigenvalue weighted by Crippen LogP contribution is -2.53. The third-order valence-electron chi connectivity index (χ3n) is 6.97. The number of nitrogens with one attached hydrogen (secondary N) is 2. The van der Waals surface area contributed by atoms with E-state index in [2.05, 4.69) is 15.8 Å². The van der Waals surface area contributed by atoms with Crippen LogP contribution in [-0.2, 0) is 10.0 Å². The molecule has 1 aromatic rings. The van der Waals surface area contributed by atoms with Crippen molar-refractivity contribution in [3.8, 4) is 0 Å². The summed E-state index contributed by atoms with van der Waals surface area (Å²) in [4.78, 5) is 12.6. The Morgan fingerprint density at radius 3 is 2.43 bits per heavy atom. The molecule has 8 nitrogen and oxygen atoms in total. The average molecular weight is 459 g/mol. The number of nitrogens with zero attached hydrogens (tertiary/aromatic N) is 2. The number of fused-ring (bicyclic) bond motifs is 2. The van der Waals surface area contributed by atoms with E-state index in [4.69, 9.17) is 4.52 Å². The summed E-state index contributed by atoms with van der Waals surface area (Å²) in [6.45, 7) is 1.82. The summed E-state index contributed by atoms with van der Waals surface area (Å²) in [7, 11) is -3.26. The maximum Gasteiger partial charge on any atom is 0.273 e. The van der Waals surface area contributed by atoms with Gasteiger partial charge in [0.25, 0.3) is 5.91 Å². The summed E-state index contributed by atoms with van der Waals surface area (Å²) >= 11 is 0. The van der Waals surface area contributed by atoms with Gasteiger partial charge in [-0.1, -0.05) is 5.16 Å². The van der Waals surface area contributed by atoms with Crippen LogP contribution in [-0.4, -0.2) is 60.8 Å². The van der Waals surface area contributed by atoms with Gasteiger partial charge in [0.05, 0.1) is 5.75 Å². The molecule has 3 saturated heterocycles. The Hall–Kier alpha value is -1.16. The molecule has 0 radical (unpaired) electrons. The molecular formula is C20H31ClN4O4S. The van der Waals surface area contributed by atoms with E-state index in [9.17, 15) is 13.2 Å². The average Bonchev–Trinajstić information content (AvgIpc) is 3.34. The van der Waals surface area contributed by atoms with Gasteiger partial charge in [0.1, 0.15) is 5.76 Å². The number of carbonyl (C=O) groups excluding carboxylic acids is 1. The summed E-state index contributed by atoms with van der Waals surface area (Å²) in [5.41, 5.74) is 0.334. The van der Waals surface area contributed by atoms with E-state index in [1.165, 1.54) is 0 Å². The molecule has 0 unspecified atom stereocenters. The molecule has 1 saturated carbocycles. The number of carbonyl (C=O) groups is 1. The van der Waals surface area contributed by atoms with Crippen LogP contribution in [0.2, 0.25) is 0 Å². The van der Waals surface area contributed by atoms with Crippen LogP contribution in [0, 0.1) is 5.92 Å². The summed E-state index contributed by atoms with van der Waals surface area (Å²) < 4.78 is 33.3. The molecule has 4 aliphatic rings. The van der Waals surface area contributed by atoms with Crippen LogP contribution in [0.25, 0.3) is 0 Å². The molecule has 4 heterocycles. The lowest BCUT2D eigenvalue weighted by atomic mass is 9.99. The van der Waals surface area contributed by atoms with Crippen molar-refractivity contribution in [3.05, 3.63) is 17.5 Å². The minimum Gasteiger partial charge on any atom is -0.360 e. The van der Waals surface area contributed by atoms with Crippen molar-refractivity contribution >= 4 is 28.3 Å². The smallest absolute Gasteiger partial charge is 0.273 e. The minimum absolute atomic E-state index is 0. The van der Waals surface area contributed by atoms with Crippen molar-refractivity contribution < 1.29 is 17.7 Å². The van der Waals surface area contributed by atoms with E-state index in [1.54, 1.807) is 10.4 Å². The maximum atomic E-state index is 13.1. The number of aromatic nitrogens is 1. The van der Waals surface area contributed by atoms with Crippen LogP contribution >= 0.6 is 12.4 Å². The SMILES string of the molecule is Cl.O=C(N[C@@H]1C[C@H]2CC[C@@H](C1)N2S(=O)(=O)CC1CCNCC1)c1cc(C2CC2)on1. The number of rotatable bonds is 6. The number of amides is 1. The van der Waals surface area contributed by atoms with E-state index >= 15 is 0 Å². The Bertz CT molecular complexity index is 852. The third kappa shape index (κ3) is 4.54. The van der Waals surface area contributed by atoms with Crippen molar-refractivity contribution in [2.24, 2.45) is 5.92 Å². The molecule has 10 heteroatoms. The van der Waals surface area contributed by atoms with Crippen LogP contribution < -0.4 is 10.6 Å². The van der Waals surface area contributed by atoms with Crippen molar-refractivity contribution in [2.45, 2.75) is 75.4 Å². The topological polar surface area (TPSA) is 105 Å². The van der Waals surface area contributed by atoms with Gasteiger partial charge in [-0.05, 0) is 70.4 Å². The fraction of sp³-hybridized carbons (Fsp3) is 0.800. The molecule has 1 aliphatic carbocycles. The molecule has 3 aliphatic heterocycles. The highest BCUT2D eigenvalue weighted by atomic mass is 35.5. The molecule has 2 N–H and O–H groups in total. The Morgan fingerprint density at radius 2 is 1.80 bits per heavy atom. The second kappa shape index (κ2) is 8.76. The monoisotopic (exact) mass is 458 g/mol. The predicted molar refractivity (Wildman–Crippen MR) is 114 cm³/mol. The van der Waals surface area contributed by atoms with Crippen LogP contribution in [0.3, 0.4) is 0 Å². The van der Waals surface area contributed by atoms with Gasteiger partial charge in [0.15, 0.2) is 5.69 Å². The van der Waals surface area contributed by atoms with Gasteiger partial charge in [0, 0.05) is 30.1 Å². The van der Waals surface area contributed by atoms with Crippen LogP contribution in [0.5, 0.6) is 0 Å². The molecule has 3 atom stereocenters. The highest BCUT2D eigenvalue weighted by Crippen LogP contribution is 2.41. The van der Waals surface area contributed by atoms with Crippen LogP contribution in [0.4, 0.5) is 0 Å². The fourth-order valence-electron chi connectivity index (χ4n) is 5.35. The Morgan fingerprint density at radius 1 is 1.13 bits per heavy atom. The van der Waals surface area contributed by atoms with E-state index in [0.717, 1.165) is 57.4 Å². The standard InChI is InChI=1S/C20H30N4O4S.ClH/c25-20(18-11-19(28-23-18)14-1-2-14)22-15-9-16-3-4-17(10-15)24(16)29(26,27)12-13-5-7-21-8-6-13;/h11,13-17,21H,1-10,12H2,(H,22,25);1H/t15-,16-,17+;.